The second-order valence-electron chi connectivity index (χ2n) is 11.8. The lowest BCUT2D eigenvalue weighted by atomic mass is 10.0. The summed E-state index contributed by atoms with van der Waals surface area (Å²) in [6.07, 6.45) is 1.94. The highest BCUT2D eigenvalue weighted by molar-refractivity contribution is 7.25. The summed E-state index contributed by atoms with van der Waals surface area (Å²) >= 11 is 1.71. The van der Waals surface area contributed by atoms with E-state index < -0.39 is 0 Å². The van der Waals surface area contributed by atoms with Gasteiger partial charge in [0.05, 0.1) is 55.8 Å². The van der Waals surface area contributed by atoms with Crippen LogP contribution in [-0.2, 0) is 0 Å². The summed E-state index contributed by atoms with van der Waals surface area (Å²) in [6, 6.07) is 49.0. The number of hydrogen-bond donors (Lipinski definition) is 0. The zero-order valence-corrected chi connectivity index (χ0v) is 25.7. The van der Waals surface area contributed by atoms with Gasteiger partial charge in [0, 0.05) is 37.2 Å². The van der Waals surface area contributed by atoms with Gasteiger partial charge in [0.1, 0.15) is 0 Å². The predicted octanol–water partition coefficient (Wildman–Crippen LogP) is 10.6. The minimum Gasteiger partial charge on any atom is -0.309 e. The van der Waals surface area contributed by atoms with Crippen LogP contribution in [0, 0.1) is 11.3 Å². The highest BCUT2D eigenvalue weighted by atomic mass is 32.1. The molecule has 0 atom stereocenters. The van der Waals surface area contributed by atoms with E-state index in [0.29, 0.717) is 11.5 Å². The van der Waals surface area contributed by atoms with Crippen molar-refractivity contribution in [3.05, 3.63) is 145 Å². The Labute approximate surface area is 272 Å². The molecule has 6 heteroatoms. The predicted molar refractivity (Wildman–Crippen MR) is 194 cm³/mol. The SMILES string of the molecule is N#Cc1ccc2c(c1)c1ccccc1n2-c1ncc2sc3ccc(-c4ccccc4-n4c5ccccc5c5ccccc54)cc3c2n1. The number of aromatic nitrogens is 4. The maximum atomic E-state index is 9.58. The smallest absolute Gasteiger partial charge is 0.235 e. The molecule has 0 N–H and O–H groups in total. The fourth-order valence-electron chi connectivity index (χ4n) is 7.18. The summed E-state index contributed by atoms with van der Waals surface area (Å²) in [7, 11) is 0. The first-order valence-corrected chi connectivity index (χ1v) is 16.3. The quantitative estimate of drug-likeness (QED) is 0.198. The van der Waals surface area contributed by atoms with Crippen LogP contribution in [0.1, 0.15) is 5.56 Å². The molecule has 0 fully saturated rings. The lowest BCUT2D eigenvalue weighted by Crippen LogP contribution is -2.00. The zero-order valence-electron chi connectivity index (χ0n) is 24.9. The van der Waals surface area contributed by atoms with Crippen LogP contribution in [0.4, 0.5) is 0 Å². The second-order valence-corrected chi connectivity index (χ2v) is 12.9. The monoisotopic (exact) mass is 617 g/mol. The van der Waals surface area contributed by atoms with Crippen LogP contribution in [0.2, 0.25) is 0 Å². The minimum atomic E-state index is 0.615. The number of nitriles is 1. The highest BCUT2D eigenvalue weighted by Gasteiger charge is 2.18. The molecule has 10 rings (SSSR count). The number of hydrogen-bond acceptors (Lipinski definition) is 4. The van der Waals surface area contributed by atoms with Crippen LogP contribution in [0.25, 0.3) is 86.7 Å². The molecule has 0 aliphatic heterocycles. The normalized spacial score (nSPS) is 11.8. The molecule has 4 aromatic heterocycles. The first-order valence-electron chi connectivity index (χ1n) is 15.5. The number of nitrogens with zero attached hydrogens (tertiary/aromatic N) is 5. The van der Waals surface area contributed by atoms with Crippen molar-refractivity contribution < 1.29 is 0 Å². The summed E-state index contributed by atoms with van der Waals surface area (Å²) in [5.41, 5.74) is 9.37. The molecule has 10 aromatic rings. The van der Waals surface area contributed by atoms with Gasteiger partial charge in [0.25, 0.3) is 0 Å². The Morgan fingerprint density at radius 1 is 0.553 bits per heavy atom. The van der Waals surface area contributed by atoms with Gasteiger partial charge in [-0.1, -0.05) is 78.9 Å². The van der Waals surface area contributed by atoms with Gasteiger partial charge in [-0.2, -0.15) is 5.26 Å². The lowest BCUT2D eigenvalue weighted by Gasteiger charge is -2.14. The molecule has 0 unspecified atom stereocenters. The third kappa shape index (κ3) is 3.75. The van der Waals surface area contributed by atoms with Gasteiger partial charge in [-0.15, -0.1) is 11.3 Å². The number of para-hydroxylation sites is 4. The van der Waals surface area contributed by atoms with Crippen LogP contribution in [0.5, 0.6) is 0 Å². The van der Waals surface area contributed by atoms with Crippen LogP contribution in [0.15, 0.2) is 140 Å². The molecule has 0 bridgehead atoms. The Bertz CT molecular complexity index is 2880. The fraction of sp³-hybridized carbons (Fsp3) is 0. The van der Waals surface area contributed by atoms with Crippen LogP contribution in [0.3, 0.4) is 0 Å². The summed E-state index contributed by atoms with van der Waals surface area (Å²) in [6.45, 7) is 0. The van der Waals surface area contributed by atoms with Crippen molar-refractivity contribution >= 4 is 75.3 Å². The Balaban J connectivity index is 1.19. The van der Waals surface area contributed by atoms with Gasteiger partial charge in [-0.25, -0.2) is 9.97 Å². The standard InChI is InChI=1S/C41H23N5S/c42-23-25-17-19-37-31(21-25)30-12-4-8-16-36(30)46(37)41-43-24-39-40(44-41)32-22-26(18-20-38(32)47-39)27-9-1-5-13-33(27)45-34-14-6-2-10-28(34)29-11-3-7-15-35(29)45/h1-22,24H. The van der Waals surface area contributed by atoms with Crippen molar-refractivity contribution in [2.24, 2.45) is 0 Å². The maximum Gasteiger partial charge on any atom is 0.235 e. The van der Waals surface area contributed by atoms with E-state index in [1.54, 1.807) is 11.3 Å². The Hall–Kier alpha value is -6.29. The van der Waals surface area contributed by atoms with Gasteiger partial charge >= 0.3 is 0 Å². The minimum absolute atomic E-state index is 0.615. The maximum absolute atomic E-state index is 9.58. The zero-order chi connectivity index (χ0) is 31.1. The summed E-state index contributed by atoms with van der Waals surface area (Å²) in [5, 5.41) is 15.3. The number of fused-ring (bicyclic) bond motifs is 9. The van der Waals surface area contributed by atoms with Crippen molar-refractivity contribution in [1.29, 1.82) is 5.26 Å². The van der Waals surface area contributed by atoms with Crippen molar-refractivity contribution in [2.75, 3.05) is 0 Å². The molecule has 0 aliphatic carbocycles. The first kappa shape index (κ1) is 26.0. The second kappa shape index (κ2) is 9.85. The van der Waals surface area contributed by atoms with E-state index in [-0.39, 0.29) is 0 Å². The van der Waals surface area contributed by atoms with Crippen LogP contribution >= 0.6 is 11.3 Å². The van der Waals surface area contributed by atoms with Gasteiger partial charge in [0.15, 0.2) is 0 Å². The average Bonchev–Trinajstić information content (AvgIpc) is 3.78. The van der Waals surface area contributed by atoms with E-state index in [0.717, 1.165) is 54.2 Å². The summed E-state index contributed by atoms with van der Waals surface area (Å²) < 4.78 is 6.71. The Kier molecular flexibility index (Phi) is 5.45. The van der Waals surface area contributed by atoms with Crippen LogP contribution in [-0.4, -0.2) is 19.1 Å². The third-order valence-electron chi connectivity index (χ3n) is 9.23. The summed E-state index contributed by atoms with van der Waals surface area (Å²) in [4.78, 5) is 10.1. The van der Waals surface area contributed by atoms with Gasteiger partial charge in [-0.05, 0) is 60.2 Å². The third-order valence-corrected chi connectivity index (χ3v) is 10.3. The van der Waals surface area contributed by atoms with E-state index in [4.69, 9.17) is 9.97 Å². The molecule has 4 heterocycles. The molecule has 0 saturated carbocycles. The van der Waals surface area contributed by atoms with Gasteiger partial charge in [0.2, 0.25) is 5.95 Å². The molecule has 0 saturated heterocycles. The van der Waals surface area contributed by atoms with Crippen LogP contribution < -0.4 is 0 Å². The largest absolute Gasteiger partial charge is 0.309 e. The van der Waals surface area contributed by atoms with Crippen molar-refractivity contribution in [3.8, 4) is 28.8 Å². The molecule has 0 spiro atoms. The number of benzene rings is 6. The van der Waals surface area contributed by atoms with E-state index in [9.17, 15) is 5.26 Å². The number of rotatable bonds is 3. The fourth-order valence-corrected chi connectivity index (χ4v) is 8.18. The van der Waals surface area contributed by atoms with Gasteiger partial charge < -0.3 is 4.57 Å². The lowest BCUT2D eigenvalue weighted by molar-refractivity contribution is 1.01. The first-order chi connectivity index (χ1) is 23.3. The molecular weight excluding hydrogens is 595 g/mol. The molecule has 218 valence electrons. The molecule has 0 aliphatic rings. The summed E-state index contributed by atoms with van der Waals surface area (Å²) in [5.74, 6) is 0.615. The molecule has 5 nitrogen and oxygen atoms in total. The van der Waals surface area contributed by atoms with Gasteiger partial charge in [-0.3, -0.25) is 4.57 Å². The van der Waals surface area contributed by atoms with Crippen molar-refractivity contribution in [1.82, 2.24) is 19.1 Å². The van der Waals surface area contributed by atoms with E-state index >= 15 is 0 Å². The Morgan fingerprint density at radius 2 is 1.19 bits per heavy atom. The Morgan fingerprint density at radius 3 is 1.94 bits per heavy atom. The highest BCUT2D eigenvalue weighted by Crippen LogP contribution is 2.40. The molecule has 0 amide bonds. The van der Waals surface area contributed by atoms with E-state index in [1.807, 2.05) is 36.5 Å². The molecule has 47 heavy (non-hydrogen) atoms. The molecule has 6 aromatic carbocycles. The van der Waals surface area contributed by atoms with Crippen molar-refractivity contribution in [3.63, 3.8) is 0 Å². The van der Waals surface area contributed by atoms with E-state index in [2.05, 4.69) is 118 Å². The molecular formula is C41H23N5S. The number of thiophene rings is 1. The van der Waals surface area contributed by atoms with E-state index in [1.165, 1.54) is 26.5 Å². The molecule has 0 radical (unpaired) electrons. The topological polar surface area (TPSA) is 59.4 Å². The van der Waals surface area contributed by atoms with Crippen molar-refractivity contribution in [2.45, 2.75) is 0 Å². The average molecular weight is 618 g/mol.